The van der Waals surface area contributed by atoms with E-state index in [-0.39, 0.29) is 11.9 Å². The lowest BCUT2D eigenvalue weighted by molar-refractivity contribution is 0.0970. The maximum atomic E-state index is 12.8. The molecule has 1 aromatic heterocycles. The summed E-state index contributed by atoms with van der Waals surface area (Å²) >= 11 is 0. The number of nitrogens with one attached hydrogen (secondary N) is 2. The van der Waals surface area contributed by atoms with Crippen LogP contribution in [0.4, 0.5) is 0 Å². The molecule has 1 unspecified atom stereocenters. The van der Waals surface area contributed by atoms with Gasteiger partial charge >= 0.3 is 0 Å². The lowest BCUT2D eigenvalue weighted by Crippen LogP contribution is -2.45. The van der Waals surface area contributed by atoms with Gasteiger partial charge < -0.3 is 5.32 Å². The fourth-order valence-electron chi connectivity index (χ4n) is 3.88. The van der Waals surface area contributed by atoms with Crippen molar-refractivity contribution in [3.8, 4) is 0 Å². The Balaban J connectivity index is 1.80. The summed E-state index contributed by atoms with van der Waals surface area (Å²) in [5.41, 5.74) is 2.97. The number of carbonyl (C=O) groups is 1. The van der Waals surface area contributed by atoms with Crippen LogP contribution in [-0.2, 0) is 5.41 Å². The summed E-state index contributed by atoms with van der Waals surface area (Å²) < 4.78 is 0. The van der Waals surface area contributed by atoms with E-state index in [9.17, 15) is 4.79 Å². The molecule has 27 heavy (non-hydrogen) atoms. The molecule has 1 atom stereocenters. The van der Waals surface area contributed by atoms with Gasteiger partial charge in [0, 0.05) is 5.69 Å². The highest BCUT2D eigenvalue weighted by Crippen LogP contribution is 2.42. The topological polar surface area (TPSA) is 70.1 Å². The Hall–Kier alpha value is -3.21. The van der Waals surface area contributed by atoms with Crippen LogP contribution in [0.15, 0.2) is 71.7 Å². The molecule has 5 heteroatoms. The van der Waals surface area contributed by atoms with E-state index in [1.165, 1.54) is 0 Å². The third-order valence-electron chi connectivity index (χ3n) is 5.06. The van der Waals surface area contributed by atoms with Crippen LogP contribution in [0.2, 0.25) is 0 Å². The second-order valence-electron chi connectivity index (χ2n) is 7.06. The van der Waals surface area contributed by atoms with Crippen LogP contribution in [-0.4, -0.2) is 28.0 Å². The van der Waals surface area contributed by atoms with E-state index in [4.69, 9.17) is 4.99 Å². The number of rotatable bonds is 3. The molecule has 0 saturated heterocycles. The fraction of sp³-hybridized carbons (Fsp3) is 0.227. The van der Waals surface area contributed by atoms with E-state index in [2.05, 4.69) is 46.7 Å². The molecule has 3 aromatic rings. The van der Waals surface area contributed by atoms with Crippen molar-refractivity contribution in [1.29, 1.82) is 0 Å². The molecular weight excluding hydrogens is 336 g/mol. The van der Waals surface area contributed by atoms with Crippen molar-refractivity contribution in [2.24, 2.45) is 4.99 Å². The first-order valence-corrected chi connectivity index (χ1v) is 9.12. The standard InChI is InChI=1S/C22H22N4O/c1-15-13-19(26-25-15)20(27)24-21-22(14-16(2)23-21,17-9-5-3-6-10-17)18-11-7-4-8-12-18/h3-13,16H,14H2,1-2H3,(H,25,26)(H,23,24,27). The SMILES string of the molecule is Cc1cc(C(=O)NC2=NC(C)CC2(c2ccccc2)c2ccccc2)n[nH]1. The van der Waals surface area contributed by atoms with Crippen LogP contribution >= 0.6 is 0 Å². The van der Waals surface area contributed by atoms with Crippen molar-refractivity contribution >= 4 is 11.7 Å². The van der Waals surface area contributed by atoms with E-state index in [0.717, 1.165) is 23.2 Å². The molecule has 2 aromatic carbocycles. The minimum atomic E-state index is -0.483. The fourth-order valence-corrected chi connectivity index (χ4v) is 3.88. The third-order valence-corrected chi connectivity index (χ3v) is 5.06. The first-order valence-electron chi connectivity index (χ1n) is 9.12. The van der Waals surface area contributed by atoms with Gasteiger partial charge in [-0.2, -0.15) is 5.10 Å². The highest BCUT2D eigenvalue weighted by Gasteiger charge is 2.45. The molecule has 2 heterocycles. The number of aromatic amines is 1. The quantitative estimate of drug-likeness (QED) is 0.751. The second-order valence-corrected chi connectivity index (χ2v) is 7.06. The smallest absolute Gasteiger partial charge is 0.277 e. The summed E-state index contributed by atoms with van der Waals surface area (Å²) in [6.07, 6.45) is 0.802. The van der Waals surface area contributed by atoms with E-state index in [0.29, 0.717) is 11.5 Å². The van der Waals surface area contributed by atoms with Crippen molar-refractivity contribution in [1.82, 2.24) is 15.5 Å². The van der Waals surface area contributed by atoms with Gasteiger partial charge in [0.05, 0.1) is 11.5 Å². The number of carbonyl (C=O) groups excluding carboxylic acids is 1. The van der Waals surface area contributed by atoms with Gasteiger partial charge in [-0.1, -0.05) is 60.7 Å². The predicted octanol–water partition coefficient (Wildman–Crippen LogP) is 3.62. The normalized spacial score (nSPS) is 18.1. The molecule has 0 fully saturated rings. The number of amides is 1. The first kappa shape index (κ1) is 17.2. The van der Waals surface area contributed by atoms with Gasteiger partial charge in [-0.05, 0) is 37.5 Å². The summed E-state index contributed by atoms with van der Waals surface area (Å²) in [6, 6.07) is 22.4. The Kier molecular flexibility index (Phi) is 4.36. The summed E-state index contributed by atoms with van der Waals surface area (Å²) in [6.45, 7) is 3.95. The monoisotopic (exact) mass is 358 g/mol. The minimum absolute atomic E-state index is 0.0987. The van der Waals surface area contributed by atoms with Gasteiger partial charge in [0.2, 0.25) is 0 Å². The molecule has 0 saturated carbocycles. The van der Waals surface area contributed by atoms with Crippen molar-refractivity contribution in [3.63, 3.8) is 0 Å². The maximum absolute atomic E-state index is 12.8. The summed E-state index contributed by atoms with van der Waals surface area (Å²) in [4.78, 5) is 17.6. The minimum Gasteiger partial charge on any atom is -0.308 e. The Morgan fingerprint density at radius 3 is 2.19 bits per heavy atom. The van der Waals surface area contributed by atoms with Crippen molar-refractivity contribution in [2.45, 2.75) is 31.7 Å². The van der Waals surface area contributed by atoms with Crippen LogP contribution in [0.25, 0.3) is 0 Å². The average Bonchev–Trinajstić information content (AvgIpc) is 3.27. The van der Waals surface area contributed by atoms with Gasteiger partial charge in [-0.15, -0.1) is 0 Å². The van der Waals surface area contributed by atoms with Gasteiger partial charge in [0.25, 0.3) is 5.91 Å². The molecule has 0 spiro atoms. The Morgan fingerprint density at radius 1 is 1.07 bits per heavy atom. The number of amidine groups is 1. The number of nitrogens with zero attached hydrogens (tertiary/aromatic N) is 2. The summed E-state index contributed by atoms with van der Waals surface area (Å²) in [7, 11) is 0. The number of hydrogen-bond donors (Lipinski definition) is 2. The molecule has 1 amide bonds. The van der Waals surface area contributed by atoms with Crippen LogP contribution < -0.4 is 5.32 Å². The van der Waals surface area contributed by atoms with E-state index >= 15 is 0 Å². The van der Waals surface area contributed by atoms with Gasteiger partial charge in [0.1, 0.15) is 5.84 Å². The third kappa shape index (κ3) is 3.05. The lowest BCUT2D eigenvalue weighted by atomic mass is 9.71. The Morgan fingerprint density at radius 2 is 1.67 bits per heavy atom. The van der Waals surface area contributed by atoms with Crippen LogP contribution in [0.1, 0.15) is 40.7 Å². The predicted molar refractivity (Wildman–Crippen MR) is 106 cm³/mol. The highest BCUT2D eigenvalue weighted by molar-refractivity contribution is 6.11. The molecule has 0 bridgehead atoms. The van der Waals surface area contributed by atoms with E-state index in [1.807, 2.05) is 43.3 Å². The van der Waals surface area contributed by atoms with Crippen molar-refractivity contribution < 1.29 is 4.79 Å². The summed E-state index contributed by atoms with van der Waals surface area (Å²) in [5, 5.41) is 9.95. The Labute approximate surface area is 158 Å². The molecule has 0 radical (unpaired) electrons. The van der Waals surface area contributed by atoms with Gasteiger partial charge in [-0.25, -0.2) is 0 Å². The largest absolute Gasteiger partial charge is 0.308 e. The number of aromatic nitrogens is 2. The first-order chi connectivity index (χ1) is 13.1. The molecule has 0 aliphatic carbocycles. The van der Waals surface area contributed by atoms with Crippen molar-refractivity contribution in [2.75, 3.05) is 0 Å². The molecule has 1 aliphatic heterocycles. The zero-order valence-corrected chi connectivity index (χ0v) is 15.4. The summed E-state index contributed by atoms with van der Waals surface area (Å²) in [5.74, 6) is 0.432. The molecule has 136 valence electrons. The van der Waals surface area contributed by atoms with Gasteiger partial charge in [-0.3, -0.25) is 14.9 Å². The second kappa shape index (κ2) is 6.83. The number of hydrogen-bond acceptors (Lipinski definition) is 3. The zero-order valence-electron chi connectivity index (χ0n) is 15.4. The van der Waals surface area contributed by atoms with Crippen molar-refractivity contribution in [3.05, 3.63) is 89.2 Å². The lowest BCUT2D eigenvalue weighted by Gasteiger charge is -2.32. The van der Waals surface area contributed by atoms with Crippen LogP contribution in [0.3, 0.4) is 0 Å². The van der Waals surface area contributed by atoms with E-state index in [1.54, 1.807) is 6.07 Å². The molecule has 2 N–H and O–H groups in total. The number of benzene rings is 2. The number of aryl methyl sites for hydroxylation is 1. The van der Waals surface area contributed by atoms with Crippen LogP contribution in [0, 0.1) is 6.92 Å². The molecule has 4 rings (SSSR count). The molecular formula is C22H22N4O. The maximum Gasteiger partial charge on any atom is 0.277 e. The number of H-pyrrole nitrogens is 1. The van der Waals surface area contributed by atoms with E-state index < -0.39 is 5.41 Å². The molecule has 5 nitrogen and oxygen atoms in total. The average molecular weight is 358 g/mol. The zero-order chi connectivity index (χ0) is 18.9. The highest BCUT2D eigenvalue weighted by atomic mass is 16.2. The Bertz CT molecular complexity index is 936. The molecule has 1 aliphatic rings. The van der Waals surface area contributed by atoms with Crippen LogP contribution in [0.5, 0.6) is 0 Å². The number of aliphatic imine (C=N–C) groups is 1. The van der Waals surface area contributed by atoms with Gasteiger partial charge in [0.15, 0.2) is 5.69 Å².